The van der Waals surface area contributed by atoms with Crippen molar-refractivity contribution in [2.75, 3.05) is 6.61 Å². The Morgan fingerprint density at radius 2 is 2.26 bits per heavy atom. The Labute approximate surface area is 112 Å². The van der Waals surface area contributed by atoms with E-state index in [1.807, 2.05) is 25.1 Å². The van der Waals surface area contributed by atoms with Crippen LogP contribution in [0, 0.1) is 5.92 Å². The molecule has 0 bridgehead atoms. The van der Waals surface area contributed by atoms with Gasteiger partial charge in [0.05, 0.1) is 12.5 Å². The van der Waals surface area contributed by atoms with Crippen LogP contribution >= 0.6 is 0 Å². The molecule has 0 aliphatic carbocycles. The SMILES string of the molecule is CCOC(=O)C(C)Cc1cccc2c1C(=O)NNC2. The Hall–Kier alpha value is -1.88. The van der Waals surface area contributed by atoms with Crippen LogP contribution in [0.3, 0.4) is 0 Å². The number of nitrogens with one attached hydrogen (secondary N) is 2. The van der Waals surface area contributed by atoms with Gasteiger partial charge in [0.25, 0.3) is 5.91 Å². The van der Waals surface area contributed by atoms with Crippen molar-refractivity contribution in [2.45, 2.75) is 26.8 Å². The Kier molecular flexibility index (Phi) is 4.16. The van der Waals surface area contributed by atoms with E-state index in [4.69, 9.17) is 4.74 Å². The molecule has 0 aromatic heterocycles. The number of esters is 1. The molecule has 1 aliphatic heterocycles. The van der Waals surface area contributed by atoms with Crippen molar-refractivity contribution >= 4 is 11.9 Å². The van der Waals surface area contributed by atoms with Gasteiger partial charge in [0.15, 0.2) is 0 Å². The first kappa shape index (κ1) is 13.5. The Morgan fingerprint density at radius 3 is 3.00 bits per heavy atom. The highest BCUT2D eigenvalue weighted by Gasteiger charge is 2.23. The van der Waals surface area contributed by atoms with Gasteiger partial charge < -0.3 is 4.74 Å². The normalized spacial score (nSPS) is 15.4. The lowest BCUT2D eigenvalue weighted by molar-refractivity contribution is -0.147. The fourth-order valence-corrected chi connectivity index (χ4v) is 2.24. The number of fused-ring (bicyclic) bond motifs is 1. The summed E-state index contributed by atoms with van der Waals surface area (Å²) < 4.78 is 4.99. The predicted octanol–water partition coefficient (Wildman–Crippen LogP) is 1.18. The van der Waals surface area contributed by atoms with Crippen LogP contribution in [0.15, 0.2) is 18.2 Å². The molecule has 2 N–H and O–H groups in total. The molecule has 1 aliphatic rings. The van der Waals surface area contributed by atoms with E-state index < -0.39 is 0 Å². The molecule has 0 saturated carbocycles. The van der Waals surface area contributed by atoms with E-state index in [1.165, 1.54) is 0 Å². The second-order valence-corrected chi connectivity index (χ2v) is 4.62. The number of benzene rings is 1. The maximum absolute atomic E-state index is 11.9. The molecule has 102 valence electrons. The molecule has 1 atom stereocenters. The minimum atomic E-state index is -0.255. The summed E-state index contributed by atoms with van der Waals surface area (Å²) in [4.78, 5) is 23.6. The number of amides is 1. The van der Waals surface area contributed by atoms with Gasteiger partial charge in [-0.15, -0.1) is 0 Å². The number of hydrazine groups is 1. The molecule has 0 saturated heterocycles. The van der Waals surface area contributed by atoms with Crippen LogP contribution in [-0.4, -0.2) is 18.5 Å². The highest BCUT2D eigenvalue weighted by atomic mass is 16.5. The fourth-order valence-electron chi connectivity index (χ4n) is 2.24. The summed E-state index contributed by atoms with van der Waals surface area (Å²) in [7, 11) is 0. The van der Waals surface area contributed by atoms with Crippen LogP contribution in [0.4, 0.5) is 0 Å². The lowest BCUT2D eigenvalue weighted by Gasteiger charge is -2.21. The highest BCUT2D eigenvalue weighted by Crippen LogP contribution is 2.20. The van der Waals surface area contributed by atoms with Crippen molar-refractivity contribution in [1.82, 2.24) is 10.9 Å². The van der Waals surface area contributed by atoms with E-state index in [9.17, 15) is 9.59 Å². The second kappa shape index (κ2) is 5.84. The third kappa shape index (κ3) is 2.93. The molecule has 5 nitrogen and oxygen atoms in total. The van der Waals surface area contributed by atoms with Crippen molar-refractivity contribution in [3.8, 4) is 0 Å². The number of ether oxygens (including phenoxy) is 1. The molecule has 2 rings (SSSR count). The molecule has 1 amide bonds. The third-order valence-electron chi connectivity index (χ3n) is 3.16. The first-order valence-corrected chi connectivity index (χ1v) is 6.44. The minimum absolute atomic E-state index is 0.145. The van der Waals surface area contributed by atoms with Crippen LogP contribution < -0.4 is 10.9 Å². The third-order valence-corrected chi connectivity index (χ3v) is 3.16. The van der Waals surface area contributed by atoms with Crippen LogP contribution in [0.2, 0.25) is 0 Å². The monoisotopic (exact) mass is 262 g/mol. The number of carbonyl (C=O) groups is 2. The summed E-state index contributed by atoms with van der Waals surface area (Å²) in [6.07, 6.45) is 0.509. The van der Waals surface area contributed by atoms with E-state index >= 15 is 0 Å². The number of hydrogen-bond acceptors (Lipinski definition) is 4. The van der Waals surface area contributed by atoms with Crippen molar-refractivity contribution in [1.29, 1.82) is 0 Å². The Morgan fingerprint density at radius 1 is 1.47 bits per heavy atom. The summed E-state index contributed by atoms with van der Waals surface area (Å²) in [5.41, 5.74) is 7.94. The summed E-state index contributed by atoms with van der Waals surface area (Å²) in [5.74, 6) is -0.628. The number of hydrogen-bond donors (Lipinski definition) is 2. The van der Waals surface area contributed by atoms with Gasteiger partial charge in [-0.3, -0.25) is 15.0 Å². The highest BCUT2D eigenvalue weighted by molar-refractivity contribution is 5.97. The predicted molar refractivity (Wildman–Crippen MR) is 70.2 cm³/mol. The molecular formula is C14H18N2O3. The van der Waals surface area contributed by atoms with E-state index in [0.29, 0.717) is 25.1 Å². The van der Waals surface area contributed by atoms with Crippen molar-refractivity contribution < 1.29 is 14.3 Å². The van der Waals surface area contributed by atoms with Crippen LogP contribution in [-0.2, 0) is 22.5 Å². The van der Waals surface area contributed by atoms with Gasteiger partial charge in [-0.25, -0.2) is 5.43 Å². The zero-order valence-corrected chi connectivity index (χ0v) is 11.2. The molecule has 1 heterocycles. The summed E-state index contributed by atoms with van der Waals surface area (Å²) in [6, 6.07) is 5.71. The molecule has 0 spiro atoms. The molecule has 0 radical (unpaired) electrons. The van der Waals surface area contributed by atoms with Gasteiger partial charge in [0, 0.05) is 12.1 Å². The molecule has 19 heavy (non-hydrogen) atoms. The van der Waals surface area contributed by atoms with Gasteiger partial charge in [-0.2, -0.15) is 0 Å². The zero-order valence-electron chi connectivity index (χ0n) is 11.2. The van der Waals surface area contributed by atoms with Crippen LogP contribution in [0.5, 0.6) is 0 Å². The van der Waals surface area contributed by atoms with E-state index in [0.717, 1.165) is 11.1 Å². The lowest BCUT2D eigenvalue weighted by Crippen LogP contribution is -2.42. The summed E-state index contributed by atoms with van der Waals surface area (Å²) >= 11 is 0. The van der Waals surface area contributed by atoms with Gasteiger partial charge >= 0.3 is 5.97 Å². The molecule has 1 aromatic carbocycles. The minimum Gasteiger partial charge on any atom is -0.466 e. The van der Waals surface area contributed by atoms with Gasteiger partial charge in [-0.1, -0.05) is 25.1 Å². The Bertz CT molecular complexity index is 499. The number of carbonyl (C=O) groups excluding carboxylic acids is 2. The largest absolute Gasteiger partial charge is 0.466 e. The molecule has 5 heteroatoms. The molecule has 1 aromatic rings. The first-order chi connectivity index (χ1) is 9.13. The van der Waals surface area contributed by atoms with Crippen LogP contribution in [0.25, 0.3) is 0 Å². The maximum Gasteiger partial charge on any atom is 0.308 e. The summed E-state index contributed by atoms with van der Waals surface area (Å²) in [5, 5.41) is 0. The number of rotatable bonds is 4. The smallest absolute Gasteiger partial charge is 0.308 e. The second-order valence-electron chi connectivity index (χ2n) is 4.62. The van der Waals surface area contributed by atoms with E-state index in [2.05, 4.69) is 10.9 Å². The lowest BCUT2D eigenvalue weighted by atomic mass is 9.92. The Balaban J connectivity index is 2.21. The standard InChI is InChI=1S/C14H18N2O3/c1-3-19-14(18)9(2)7-10-5-4-6-11-8-15-16-13(17)12(10)11/h4-6,9,15H,3,7-8H2,1-2H3,(H,16,17). The van der Waals surface area contributed by atoms with Crippen molar-refractivity contribution in [3.05, 3.63) is 34.9 Å². The first-order valence-electron chi connectivity index (χ1n) is 6.44. The topological polar surface area (TPSA) is 67.4 Å². The fraction of sp³-hybridized carbons (Fsp3) is 0.429. The van der Waals surface area contributed by atoms with E-state index in [-0.39, 0.29) is 17.8 Å². The van der Waals surface area contributed by atoms with Gasteiger partial charge in [0.1, 0.15) is 0 Å². The average molecular weight is 262 g/mol. The maximum atomic E-state index is 11.9. The van der Waals surface area contributed by atoms with Crippen LogP contribution in [0.1, 0.15) is 35.3 Å². The zero-order chi connectivity index (χ0) is 13.8. The van der Waals surface area contributed by atoms with Gasteiger partial charge in [-0.05, 0) is 24.5 Å². The molecular weight excluding hydrogens is 244 g/mol. The summed E-state index contributed by atoms with van der Waals surface area (Å²) in [6.45, 7) is 4.58. The quantitative estimate of drug-likeness (QED) is 0.799. The molecule has 1 unspecified atom stereocenters. The van der Waals surface area contributed by atoms with Gasteiger partial charge in [0.2, 0.25) is 0 Å². The molecule has 0 fully saturated rings. The van der Waals surface area contributed by atoms with Crippen molar-refractivity contribution in [2.24, 2.45) is 5.92 Å². The van der Waals surface area contributed by atoms with E-state index in [1.54, 1.807) is 6.92 Å². The van der Waals surface area contributed by atoms with Crippen molar-refractivity contribution in [3.63, 3.8) is 0 Å². The average Bonchev–Trinajstić information content (AvgIpc) is 2.39.